The molecule has 0 bridgehead atoms. The Morgan fingerprint density at radius 1 is 0.618 bits per heavy atom. The number of hydrogen-bond donors (Lipinski definition) is 2. The molecule has 0 rings (SSSR count). The zero-order valence-corrected chi connectivity index (χ0v) is 37.8. The van der Waals surface area contributed by atoms with Gasteiger partial charge in [-0.05, 0) is 32.1 Å². The van der Waals surface area contributed by atoms with E-state index in [1.54, 1.807) is 6.08 Å². The minimum absolute atomic E-state index is 0.00599. The molecule has 0 radical (unpaired) electrons. The number of nitrogens with one attached hydrogen (secondary N) is 1. The summed E-state index contributed by atoms with van der Waals surface area (Å²) in [6, 6.07) is -0.895. The van der Waals surface area contributed by atoms with E-state index in [9.17, 15) is 19.4 Å². The minimum Gasteiger partial charge on any atom is -0.756 e. The molecule has 0 fully saturated rings. The van der Waals surface area contributed by atoms with Crippen LogP contribution in [0.3, 0.4) is 0 Å². The molecule has 55 heavy (non-hydrogen) atoms. The van der Waals surface area contributed by atoms with Crippen molar-refractivity contribution in [3.63, 3.8) is 0 Å². The largest absolute Gasteiger partial charge is 0.756 e. The third-order valence-corrected chi connectivity index (χ3v) is 11.4. The summed E-state index contributed by atoms with van der Waals surface area (Å²) in [6.07, 6.45) is 46.4. The van der Waals surface area contributed by atoms with Gasteiger partial charge in [0.15, 0.2) is 0 Å². The van der Waals surface area contributed by atoms with Gasteiger partial charge in [0, 0.05) is 6.42 Å². The second kappa shape index (κ2) is 38.5. The van der Waals surface area contributed by atoms with Crippen molar-refractivity contribution in [3.8, 4) is 0 Å². The van der Waals surface area contributed by atoms with E-state index >= 15 is 0 Å². The predicted molar refractivity (Wildman–Crippen MR) is 233 cm³/mol. The maximum absolute atomic E-state index is 12.5. The van der Waals surface area contributed by atoms with Gasteiger partial charge in [0.2, 0.25) is 5.91 Å². The molecular weight excluding hydrogens is 707 g/mol. The number of aliphatic hydroxyl groups excluding tert-OH is 1. The highest BCUT2D eigenvalue weighted by Crippen LogP contribution is 2.38. The third kappa shape index (κ3) is 41.0. The van der Waals surface area contributed by atoms with Crippen LogP contribution in [-0.4, -0.2) is 68.5 Å². The molecule has 3 unspecified atom stereocenters. The predicted octanol–water partition coefficient (Wildman–Crippen LogP) is 12.3. The number of rotatable bonds is 42. The van der Waals surface area contributed by atoms with Crippen molar-refractivity contribution in [2.45, 2.75) is 225 Å². The van der Waals surface area contributed by atoms with E-state index < -0.39 is 26.6 Å². The van der Waals surface area contributed by atoms with E-state index in [-0.39, 0.29) is 12.5 Å². The highest BCUT2D eigenvalue weighted by Gasteiger charge is 2.23. The molecule has 0 aliphatic carbocycles. The molecule has 0 aromatic rings. The Morgan fingerprint density at radius 2 is 1.02 bits per heavy atom. The first-order chi connectivity index (χ1) is 26.5. The normalized spacial score (nSPS) is 14.5. The van der Waals surface area contributed by atoms with Gasteiger partial charge in [-0.2, -0.15) is 0 Å². The Morgan fingerprint density at radius 3 is 1.47 bits per heavy atom. The number of hydrogen-bond acceptors (Lipinski definition) is 6. The number of phosphoric acid groups is 1. The SMILES string of the molecule is CCCCCCCCCCCCCCCCCCCCCCCCCC/C=C/CC/C=C/C(O)C(COP(=O)([O-])OCC[N+](C)(C)C)NC(=O)CCCCC. The number of phosphoric ester groups is 1. The van der Waals surface area contributed by atoms with Gasteiger partial charge < -0.3 is 28.8 Å². The summed E-state index contributed by atoms with van der Waals surface area (Å²) in [5.74, 6) is -0.232. The van der Waals surface area contributed by atoms with Crippen molar-refractivity contribution in [2.24, 2.45) is 0 Å². The molecule has 2 N–H and O–H groups in total. The van der Waals surface area contributed by atoms with Crippen LogP contribution in [0.1, 0.15) is 213 Å². The number of likely N-dealkylation sites (N-methyl/N-ethyl adjacent to an activating group) is 1. The van der Waals surface area contributed by atoms with Crippen molar-refractivity contribution in [2.75, 3.05) is 40.9 Å². The fourth-order valence-electron chi connectivity index (χ4n) is 6.70. The van der Waals surface area contributed by atoms with Crippen LogP contribution < -0.4 is 10.2 Å². The van der Waals surface area contributed by atoms with Gasteiger partial charge in [-0.25, -0.2) is 0 Å². The van der Waals surface area contributed by atoms with Crippen LogP contribution in [0.25, 0.3) is 0 Å². The lowest BCUT2D eigenvalue weighted by Gasteiger charge is -2.29. The van der Waals surface area contributed by atoms with Crippen molar-refractivity contribution in [1.29, 1.82) is 0 Å². The van der Waals surface area contributed by atoms with Crippen molar-refractivity contribution < 1.29 is 32.9 Å². The van der Waals surface area contributed by atoms with E-state index in [0.29, 0.717) is 17.4 Å². The zero-order chi connectivity index (χ0) is 40.7. The maximum atomic E-state index is 12.5. The molecule has 0 saturated heterocycles. The second-order valence-corrected chi connectivity index (χ2v) is 18.5. The molecule has 0 saturated carbocycles. The van der Waals surface area contributed by atoms with E-state index in [4.69, 9.17) is 9.05 Å². The number of nitrogens with zero attached hydrogens (tertiary/aromatic N) is 1. The molecule has 0 heterocycles. The lowest BCUT2D eigenvalue weighted by atomic mass is 10.0. The summed E-state index contributed by atoms with van der Waals surface area (Å²) in [7, 11) is 1.24. The summed E-state index contributed by atoms with van der Waals surface area (Å²) >= 11 is 0. The molecule has 9 heteroatoms. The Labute approximate surface area is 341 Å². The van der Waals surface area contributed by atoms with Gasteiger partial charge in [0.25, 0.3) is 7.82 Å². The average Bonchev–Trinajstić information content (AvgIpc) is 3.13. The first kappa shape index (κ1) is 54.0. The number of carbonyl (C=O) groups excluding carboxylic acids is 1. The molecule has 1 amide bonds. The van der Waals surface area contributed by atoms with Crippen LogP contribution in [0.2, 0.25) is 0 Å². The quantitative estimate of drug-likeness (QED) is 0.0276. The van der Waals surface area contributed by atoms with E-state index in [0.717, 1.165) is 38.5 Å². The average molecular weight is 799 g/mol. The van der Waals surface area contributed by atoms with Crippen LogP contribution in [0.15, 0.2) is 24.3 Å². The van der Waals surface area contributed by atoms with Crippen molar-refractivity contribution in [1.82, 2.24) is 5.32 Å². The molecule has 0 aliphatic heterocycles. The Balaban J connectivity index is 3.89. The standard InChI is InChI=1S/C46H91N2O6P/c1-6-8-10-11-12-13-14-15-16-17-18-19-20-21-22-23-24-25-26-27-28-29-30-31-32-33-34-35-36-38-39-45(49)44(47-46(50)40-37-9-7-2)43-54-55(51,52)53-42-41-48(3,4)5/h33-34,38-39,44-45,49H,6-32,35-37,40-43H2,1-5H3,(H-,47,50,51,52)/b34-33+,39-38+. The Kier molecular flexibility index (Phi) is 37.8. The Bertz CT molecular complexity index is 953. The maximum Gasteiger partial charge on any atom is 0.268 e. The lowest BCUT2D eigenvalue weighted by molar-refractivity contribution is -0.870. The topological polar surface area (TPSA) is 108 Å². The number of unbranched alkanes of at least 4 members (excludes halogenated alkanes) is 27. The molecule has 0 aliphatic rings. The van der Waals surface area contributed by atoms with Crippen LogP contribution in [0, 0.1) is 0 Å². The highest BCUT2D eigenvalue weighted by molar-refractivity contribution is 7.45. The van der Waals surface area contributed by atoms with Gasteiger partial charge in [-0.15, -0.1) is 0 Å². The fourth-order valence-corrected chi connectivity index (χ4v) is 7.42. The first-order valence-corrected chi connectivity index (χ1v) is 24.7. The molecule has 326 valence electrons. The molecule has 3 atom stereocenters. The third-order valence-electron chi connectivity index (χ3n) is 10.4. The summed E-state index contributed by atoms with van der Waals surface area (Å²) < 4.78 is 22.9. The van der Waals surface area contributed by atoms with Crippen LogP contribution in [0.5, 0.6) is 0 Å². The monoisotopic (exact) mass is 799 g/mol. The number of quaternary nitrogens is 1. The van der Waals surface area contributed by atoms with E-state index in [1.807, 2.05) is 27.2 Å². The Hall–Kier alpha value is -1.02. The summed E-state index contributed by atoms with van der Waals surface area (Å²) in [5.41, 5.74) is 0. The second-order valence-electron chi connectivity index (χ2n) is 17.1. The van der Waals surface area contributed by atoms with Gasteiger partial charge in [0.05, 0.1) is 39.9 Å². The number of aliphatic hydroxyl groups is 1. The minimum atomic E-state index is -4.57. The van der Waals surface area contributed by atoms with E-state index in [2.05, 4.69) is 31.3 Å². The smallest absolute Gasteiger partial charge is 0.268 e. The summed E-state index contributed by atoms with van der Waals surface area (Å²) in [5, 5.41) is 13.5. The number of allylic oxidation sites excluding steroid dienone is 3. The van der Waals surface area contributed by atoms with Crippen LogP contribution in [0.4, 0.5) is 0 Å². The molecular formula is C46H91N2O6P. The van der Waals surface area contributed by atoms with Gasteiger partial charge in [-0.1, -0.05) is 199 Å². The highest BCUT2D eigenvalue weighted by atomic mass is 31.2. The van der Waals surface area contributed by atoms with Gasteiger partial charge in [0.1, 0.15) is 13.2 Å². The van der Waals surface area contributed by atoms with Crippen LogP contribution in [-0.2, 0) is 18.4 Å². The lowest BCUT2D eigenvalue weighted by Crippen LogP contribution is -2.45. The zero-order valence-electron chi connectivity index (χ0n) is 36.9. The van der Waals surface area contributed by atoms with Crippen molar-refractivity contribution >= 4 is 13.7 Å². The first-order valence-electron chi connectivity index (χ1n) is 23.2. The van der Waals surface area contributed by atoms with E-state index in [1.165, 1.54) is 154 Å². The molecule has 8 nitrogen and oxygen atoms in total. The van der Waals surface area contributed by atoms with Gasteiger partial charge >= 0.3 is 0 Å². The molecule has 0 spiro atoms. The number of amides is 1. The molecule has 0 aromatic carbocycles. The fraction of sp³-hybridized carbons (Fsp3) is 0.891. The van der Waals surface area contributed by atoms with Gasteiger partial charge in [-0.3, -0.25) is 9.36 Å². The summed E-state index contributed by atoms with van der Waals surface area (Å²) in [4.78, 5) is 24.8. The molecule has 0 aromatic heterocycles. The van der Waals surface area contributed by atoms with Crippen molar-refractivity contribution in [3.05, 3.63) is 24.3 Å². The summed E-state index contributed by atoms with van der Waals surface area (Å²) in [6.45, 7) is 4.45. The van der Waals surface area contributed by atoms with Crippen LogP contribution >= 0.6 is 7.82 Å². The number of carbonyl (C=O) groups is 1.